The van der Waals surface area contributed by atoms with Gasteiger partial charge in [-0.3, -0.25) is 0 Å². The van der Waals surface area contributed by atoms with Crippen LogP contribution in [0.5, 0.6) is 0 Å². The summed E-state index contributed by atoms with van der Waals surface area (Å²) in [7, 11) is 0. The summed E-state index contributed by atoms with van der Waals surface area (Å²) in [5, 5.41) is 0. The second kappa shape index (κ2) is 2.79. The average Bonchev–Trinajstić information content (AvgIpc) is 1.88. The lowest BCUT2D eigenvalue weighted by molar-refractivity contribution is 0.633. The van der Waals surface area contributed by atoms with Crippen LogP contribution in [0.4, 0.5) is 15.8 Å². The number of rotatable bonds is 1. The first kappa shape index (κ1) is 7.21. The van der Waals surface area contributed by atoms with Gasteiger partial charge in [0.15, 0.2) is 0 Å². The minimum atomic E-state index is -0.394. The highest BCUT2D eigenvalue weighted by Gasteiger charge is 1.97. The van der Waals surface area contributed by atoms with Crippen LogP contribution in [0.25, 0.3) is 0 Å². The number of halogens is 1. The van der Waals surface area contributed by atoms with Crippen molar-refractivity contribution in [2.75, 3.05) is 10.5 Å². The van der Waals surface area contributed by atoms with E-state index in [-0.39, 0.29) is 0 Å². The van der Waals surface area contributed by atoms with Crippen molar-refractivity contribution in [3.63, 3.8) is 0 Å². The molecule has 1 rings (SSSR count). The molecule has 2 nitrogen and oxygen atoms in total. The van der Waals surface area contributed by atoms with E-state index in [1.165, 1.54) is 12.1 Å². The fourth-order valence-electron chi connectivity index (χ4n) is 0.622. The zero-order chi connectivity index (χ0) is 7.56. The monoisotopic (exact) mass is 158 g/mol. The van der Waals surface area contributed by atoms with Crippen LogP contribution in [0.15, 0.2) is 18.2 Å². The van der Waals surface area contributed by atoms with Crippen molar-refractivity contribution in [2.45, 2.75) is 0 Å². The molecular weight excluding hydrogens is 151 g/mol. The Hall–Kier alpha value is -0.900. The van der Waals surface area contributed by atoms with E-state index in [4.69, 9.17) is 5.73 Å². The Bertz CT molecular complexity index is 239. The highest BCUT2D eigenvalue weighted by atomic mass is 32.1. The minimum Gasteiger partial charge on any atom is -0.399 e. The van der Waals surface area contributed by atoms with Gasteiger partial charge < -0.3 is 10.5 Å². The molecule has 1 aromatic rings. The number of nitrogen functional groups attached to an aromatic ring is 1. The second-order valence-electron chi connectivity index (χ2n) is 1.85. The normalized spacial score (nSPS) is 9.40. The first-order valence-corrected chi connectivity index (χ1v) is 3.14. The van der Waals surface area contributed by atoms with E-state index < -0.39 is 5.82 Å². The van der Waals surface area contributed by atoms with E-state index in [9.17, 15) is 4.39 Å². The fourth-order valence-corrected chi connectivity index (χ4v) is 0.803. The maximum Gasteiger partial charge on any atom is 0.149 e. The molecule has 0 aliphatic carbocycles. The van der Waals surface area contributed by atoms with Crippen LogP contribution >= 0.6 is 12.8 Å². The third-order valence-electron chi connectivity index (χ3n) is 1.11. The SMILES string of the molecule is Nc1ccc(NS)c(F)c1. The Balaban J connectivity index is 3.07. The molecule has 0 saturated carbocycles. The molecule has 0 amide bonds. The van der Waals surface area contributed by atoms with Crippen LogP contribution in [-0.2, 0) is 0 Å². The van der Waals surface area contributed by atoms with E-state index in [1.54, 1.807) is 6.07 Å². The molecule has 4 heteroatoms. The Morgan fingerprint density at radius 3 is 2.70 bits per heavy atom. The molecule has 0 aliphatic rings. The van der Waals surface area contributed by atoms with Crippen molar-refractivity contribution in [1.29, 1.82) is 0 Å². The molecule has 0 bridgehead atoms. The first-order valence-electron chi connectivity index (χ1n) is 2.69. The van der Waals surface area contributed by atoms with Crippen molar-refractivity contribution < 1.29 is 4.39 Å². The van der Waals surface area contributed by atoms with Gasteiger partial charge in [-0.05, 0) is 18.2 Å². The summed E-state index contributed by atoms with van der Waals surface area (Å²) >= 11 is 3.68. The number of benzene rings is 1. The molecule has 3 N–H and O–H groups in total. The van der Waals surface area contributed by atoms with E-state index >= 15 is 0 Å². The van der Waals surface area contributed by atoms with Crippen LogP contribution in [0, 0.1) is 5.82 Å². The molecule has 0 atom stereocenters. The second-order valence-corrected chi connectivity index (χ2v) is 2.07. The molecule has 0 fully saturated rings. The molecule has 0 heterocycles. The van der Waals surface area contributed by atoms with Gasteiger partial charge in [0.2, 0.25) is 0 Å². The summed E-state index contributed by atoms with van der Waals surface area (Å²) in [6.07, 6.45) is 0. The van der Waals surface area contributed by atoms with Crippen molar-refractivity contribution in [1.82, 2.24) is 0 Å². The predicted octanol–water partition coefficient (Wildman–Crippen LogP) is 1.66. The Labute approximate surface area is 63.8 Å². The number of hydrogen-bond acceptors (Lipinski definition) is 3. The molecular formula is C6H7FN2S. The Kier molecular flexibility index (Phi) is 2.01. The number of anilines is 2. The number of hydrogen-bond donors (Lipinski definition) is 3. The number of nitrogens with two attached hydrogens (primary N) is 1. The van der Waals surface area contributed by atoms with Crippen molar-refractivity contribution in [3.05, 3.63) is 24.0 Å². The van der Waals surface area contributed by atoms with Gasteiger partial charge in [-0.25, -0.2) is 4.39 Å². The zero-order valence-corrected chi connectivity index (χ0v) is 6.03. The molecule has 0 radical (unpaired) electrons. The van der Waals surface area contributed by atoms with E-state index in [0.717, 1.165) is 0 Å². The van der Waals surface area contributed by atoms with Crippen LogP contribution in [0.1, 0.15) is 0 Å². The zero-order valence-electron chi connectivity index (χ0n) is 5.13. The van der Waals surface area contributed by atoms with Crippen LogP contribution in [0.3, 0.4) is 0 Å². The van der Waals surface area contributed by atoms with Crippen LogP contribution < -0.4 is 10.5 Å². The molecule has 1 aromatic carbocycles. The van der Waals surface area contributed by atoms with Crippen molar-refractivity contribution >= 4 is 24.2 Å². The maximum absolute atomic E-state index is 12.7. The largest absolute Gasteiger partial charge is 0.399 e. The van der Waals surface area contributed by atoms with Gasteiger partial charge >= 0.3 is 0 Å². The molecule has 54 valence electrons. The van der Waals surface area contributed by atoms with Gasteiger partial charge in [-0.15, -0.1) is 0 Å². The summed E-state index contributed by atoms with van der Waals surface area (Å²) in [4.78, 5) is 0. The highest BCUT2D eigenvalue weighted by molar-refractivity contribution is 7.81. The smallest absolute Gasteiger partial charge is 0.149 e. The molecule has 0 saturated heterocycles. The standard InChI is InChI=1S/C6H7FN2S/c7-5-3-4(8)1-2-6(5)9-10/h1-3,9-10H,8H2. The van der Waals surface area contributed by atoms with Crippen LogP contribution in [-0.4, -0.2) is 0 Å². The molecule has 0 aromatic heterocycles. The van der Waals surface area contributed by atoms with E-state index in [1.807, 2.05) is 0 Å². The number of thiol groups is 1. The van der Waals surface area contributed by atoms with Gasteiger partial charge in [-0.2, -0.15) is 0 Å². The summed E-state index contributed by atoms with van der Waals surface area (Å²) in [5.41, 5.74) is 6.03. The lowest BCUT2D eigenvalue weighted by Gasteiger charge is -2.00. The molecule has 0 spiro atoms. The Morgan fingerprint density at radius 1 is 1.50 bits per heavy atom. The quantitative estimate of drug-likeness (QED) is 0.429. The topological polar surface area (TPSA) is 38.0 Å². The fraction of sp³-hybridized carbons (Fsp3) is 0. The van der Waals surface area contributed by atoms with Crippen molar-refractivity contribution in [2.24, 2.45) is 0 Å². The number of nitrogens with one attached hydrogen (secondary N) is 1. The van der Waals surface area contributed by atoms with Gasteiger partial charge in [0.25, 0.3) is 0 Å². The third kappa shape index (κ3) is 1.33. The van der Waals surface area contributed by atoms with Gasteiger partial charge in [0, 0.05) is 5.69 Å². The lowest BCUT2D eigenvalue weighted by atomic mass is 10.3. The molecule has 0 unspecified atom stereocenters. The van der Waals surface area contributed by atoms with E-state index in [2.05, 4.69) is 17.5 Å². The average molecular weight is 158 g/mol. The minimum absolute atomic E-state index is 0.331. The third-order valence-corrected chi connectivity index (χ3v) is 1.35. The van der Waals surface area contributed by atoms with Crippen LogP contribution in [0.2, 0.25) is 0 Å². The Morgan fingerprint density at radius 2 is 2.20 bits per heavy atom. The summed E-state index contributed by atoms with van der Waals surface area (Å²) < 4.78 is 15.0. The van der Waals surface area contributed by atoms with Gasteiger partial charge in [0.1, 0.15) is 5.82 Å². The summed E-state index contributed by atoms with van der Waals surface area (Å²) in [5.74, 6) is -0.394. The summed E-state index contributed by atoms with van der Waals surface area (Å²) in [6.45, 7) is 0. The maximum atomic E-state index is 12.7. The highest BCUT2D eigenvalue weighted by Crippen LogP contribution is 2.16. The lowest BCUT2D eigenvalue weighted by Crippen LogP contribution is -1.89. The van der Waals surface area contributed by atoms with Crippen molar-refractivity contribution in [3.8, 4) is 0 Å². The van der Waals surface area contributed by atoms with E-state index in [0.29, 0.717) is 11.4 Å². The predicted molar refractivity (Wildman–Crippen MR) is 43.4 cm³/mol. The van der Waals surface area contributed by atoms with Gasteiger partial charge in [0.05, 0.1) is 5.69 Å². The molecule has 10 heavy (non-hydrogen) atoms. The summed E-state index contributed by atoms with van der Waals surface area (Å²) in [6, 6.07) is 4.36. The molecule has 0 aliphatic heterocycles. The first-order chi connectivity index (χ1) is 4.74. The van der Waals surface area contributed by atoms with Gasteiger partial charge in [-0.1, -0.05) is 12.8 Å².